The summed E-state index contributed by atoms with van der Waals surface area (Å²) in [6, 6.07) is 10.9. The first-order valence-corrected chi connectivity index (χ1v) is 13.4. The molecule has 0 aromatic heterocycles. The highest BCUT2D eigenvalue weighted by Gasteiger charge is 2.29. The molecule has 3 aromatic rings. The smallest absolute Gasteiger partial charge is 0.319 e. The van der Waals surface area contributed by atoms with Gasteiger partial charge in [0.15, 0.2) is 0 Å². The molecule has 2 amide bonds. The van der Waals surface area contributed by atoms with Gasteiger partial charge < -0.3 is 16.0 Å². The van der Waals surface area contributed by atoms with E-state index in [2.05, 4.69) is 20.7 Å². The summed E-state index contributed by atoms with van der Waals surface area (Å²) >= 11 is 6.02. The molecule has 9 nitrogen and oxygen atoms in total. The standard InChI is InChI=1S/C25H27ClN4O5S/c1-14-3-10-19(11-4-14)36(34,35)30-22-21(23(31)24(22)32)27-16-5-7-17(8-6-16)28-25(33)29-18-9-12-20(26)15(2)13-18/h3-4,9-13,16-17,27,30H,5-8H2,1-2H3,(H2,28,29,33). The molecule has 0 atom stereocenters. The van der Waals surface area contributed by atoms with Crippen LogP contribution in [0.2, 0.25) is 5.02 Å². The van der Waals surface area contributed by atoms with E-state index in [0.29, 0.717) is 36.4 Å². The summed E-state index contributed by atoms with van der Waals surface area (Å²) in [5.41, 5.74) is 0.548. The molecule has 190 valence electrons. The molecule has 1 aliphatic rings. The van der Waals surface area contributed by atoms with Gasteiger partial charge in [0.1, 0.15) is 11.4 Å². The molecule has 0 heterocycles. The van der Waals surface area contributed by atoms with Crippen LogP contribution in [-0.2, 0) is 10.0 Å². The van der Waals surface area contributed by atoms with Gasteiger partial charge in [-0.3, -0.25) is 14.3 Å². The van der Waals surface area contributed by atoms with Gasteiger partial charge in [-0.1, -0.05) is 29.3 Å². The van der Waals surface area contributed by atoms with Crippen LogP contribution in [0.15, 0.2) is 56.9 Å². The molecule has 1 aliphatic carbocycles. The zero-order valence-electron chi connectivity index (χ0n) is 19.9. The Bertz CT molecular complexity index is 1460. The summed E-state index contributed by atoms with van der Waals surface area (Å²) < 4.78 is 27.6. The SMILES string of the molecule is Cc1ccc(S(=O)(=O)Nc2c(NC3CCC(NC(=O)Nc4ccc(Cl)c(C)c4)CC3)c(=O)c2=O)cc1. The first-order valence-electron chi connectivity index (χ1n) is 11.6. The third-order valence-corrected chi connectivity index (χ3v) is 8.09. The Labute approximate surface area is 214 Å². The topological polar surface area (TPSA) is 133 Å². The van der Waals surface area contributed by atoms with E-state index in [9.17, 15) is 22.8 Å². The molecule has 3 aromatic carbocycles. The highest BCUT2D eigenvalue weighted by Crippen LogP contribution is 2.26. The van der Waals surface area contributed by atoms with Crippen molar-refractivity contribution in [2.75, 3.05) is 15.4 Å². The molecule has 0 unspecified atom stereocenters. The van der Waals surface area contributed by atoms with E-state index in [1.54, 1.807) is 30.3 Å². The summed E-state index contributed by atoms with van der Waals surface area (Å²) in [6.45, 7) is 3.69. The lowest BCUT2D eigenvalue weighted by molar-refractivity contribution is 0.243. The lowest BCUT2D eigenvalue weighted by Crippen LogP contribution is -2.44. The van der Waals surface area contributed by atoms with Crippen molar-refractivity contribution in [2.45, 2.75) is 56.5 Å². The van der Waals surface area contributed by atoms with Crippen LogP contribution in [0.5, 0.6) is 0 Å². The highest BCUT2D eigenvalue weighted by molar-refractivity contribution is 7.92. The first kappa shape index (κ1) is 25.7. The van der Waals surface area contributed by atoms with E-state index in [1.807, 2.05) is 13.8 Å². The van der Waals surface area contributed by atoms with Crippen molar-refractivity contribution >= 4 is 44.7 Å². The summed E-state index contributed by atoms with van der Waals surface area (Å²) in [5.74, 6) is 0. The summed E-state index contributed by atoms with van der Waals surface area (Å²) in [7, 11) is -4.00. The van der Waals surface area contributed by atoms with E-state index in [4.69, 9.17) is 11.6 Å². The number of sulfonamides is 1. The van der Waals surface area contributed by atoms with E-state index >= 15 is 0 Å². The largest absolute Gasteiger partial charge is 0.377 e. The highest BCUT2D eigenvalue weighted by atomic mass is 35.5. The maximum atomic E-state index is 12.7. The zero-order chi connectivity index (χ0) is 26.0. The molecular weight excluding hydrogens is 504 g/mol. The van der Waals surface area contributed by atoms with Gasteiger partial charge in [-0.15, -0.1) is 0 Å². The van der Waals surface area contributed by atoms with Gasteiger partial charge in [0, 0.05) is 22.8 Å². The van der Waals surface area contributed by atoms with Crippen LogP contribution in [-0.4, -0.2) is 26.5 Å². The van der Waals surface area contributed by atoms with Crippen molar-refractivity contribution in [1.82, 2.24) is 5.32 Å². The lowest BCUT2D eigenvalue weighted by atomic mass is 9.91. The normalized spacial score (nSPS) is 18.0. The predicted molar refractivity (Wildman–Crippen MR) is 141 cm³/mol. The summed E-state index contributed by atoms with van der Waals surface area (Å²) in [5, 5.41) is 9.40. The number of benzene rings is 2. The van der Waals surface area contributed by atoms with E-state index < -0.39 is 20.9 Å². The maximum absolute atomic E-state index is 12.7. The Balaban J connectivity index is 1.32. The molecule has 0 bridgehead atoms. The van der Waals surface area contributed by atoms with Crippen LogP contribution in [0.3, 0.4) is 0 Å². The maximum Gasteiger partial charge on any atom is 0.319 e. The minimum absolute atomic E-state index is 0.00530. The second-order valence-corrected chi connectivity index (χ2v) is 11.2. The lowest BCUT2D eigenvalue weighted by Gasteiger charge is -2.31. The molecule has 4 N–H and O–H groups in total. The van der Waals surface area contributed by atoms with E-state index in [0.717, 1.165) is 11.1 Å². The van der Waals surface area contributed by atoms with Gasteiger partial charge in [-0.25, -0.2) is 13.2 Å². The van der Waals surface area contributed by atoms with Crippen LogP contribution in [0.4, 0.5) is 21.9 Å². The fourth-order valence-corrected chi connectivity index (χ4v) is 5.39. The number of nitrogens with one attached hydrogen (secondary N) is 4. The van der Waals surface area contributed by atoms with Gasteiger partial charge in [0.2, 0.25) is 0 Å². The summed E-state index contributed by atoms with van der Waals surface area (Å²) in [4.78, 5) is 36.6. The van der Waals surface area contributed by atoms with Crippen LogP contribution < -0.4 is 31.5 Å². The van der Waals surface area contributed by atoms with Crippen molar-refractivity contribution in [3.8, 4) is 0 Å². The van der Waals surface area contributed by atoms with Gasteiger partial charge in [0.05, 0.1) is 4.90 Å². The van der Waals surface area contributed by atoms with Crippen LogP contribution in [0.1, 0.15) is 36.8 Å². The number of carbonyl (C=O) groups excluding carboxylic acids is 1. The number of carbonyl (C=O) groups is 1. The van der Waals surface area contributed by atoms with Gasteiger partial charge in [0.25, 0.3) is 20.9 Å². The molecule has 0 aliphatic heterocycles. The fourth-order valence-electron chi connectivity index (χ4n) is 4.20. The van der Waals surface area contributed by atoms with Crippen LogP contribution in [0.25, 0.3) is 0 Å². The molecule has 0 spiro atoms. The van der Waals surface area contributed by atoms with Crippen LogP contribution >= 0.6 is 11.6 Å². The Morgan fingerprint density at radius 2 is 1.50 bits per heavy atom. The number of halogens is 1. The first-order chi connectivity index (χ1) is 17.0. The Hall–Kier alpha value is -3.37. The fraction of sp³-hybridized carbons (Fsp3) is 0.320. The zero-order valence-corrected chi connectivity index (χ0v) is 21.4. The number of rotatable bonds is 7. The molecule has 0 radical (unpaired) electrons. The van der Waals surface area contributed by atoms with Gasteiger partial charge in [-0.2, -0.15) is 0 Å². The van der Waals surface area contributed by atoms with Crippen LogP contribution in [0, 0.1) is 13.8 Å². The number of anilines is 3. The van der Waals surface area contributed by atoms with Crippen molar-refractivity contribution in [2.24, 2.45) is 0 Å². The monoisotopic (exact) mass is 530 g/mol. The molecule has 1 fully saturated rings. The third-order valence-electron chi connectivity index (χ3n) is 6.30. The van der Waals surface area contributed by atoms with Gasteiger partial charge in [-0.05, 0) is 75.4 Å². The Morgan fingerprint density at radius 1 is 0.889 bits per heavy atom. The Kier molecular flexibility index (Phi) is 7.37. The van der Waals surface area contributed by atoms with Crippen molar-refractivity contribution in [1.29, 1.82) is 0 Å². The molecule has 11 heteroatoms. The van der Waals surface area contributed by atoms with E-state index in [1.165, 1.54) is 12.1 Å². The molecular formula is C25H27ClN4O5S. The van der Waals surface area contributed by atoms with Crippen molar-refractivity contribution in [3.05, 3.63) is 79.1 Å². The number of amides is 2. The summed E-state index contributed by atoms with van der Waals surface area (Å²) in [6.07, 6.45) is 2.58. The van der Waals surface area contributed by atoms with E-state index in [-0.39, 0.29) is 34.4 Å². The molecule has 0 saturated heterocycles. The second-order valence-electron chi connectivity index (χ2n) is 9.08. The minimum atomic E-state index is -4.00. The number of aryl methyl sites for hydroxylation is 2. The van der Waals surface area contributed by atoms with Crippen molar-refractivity contribution < 1.29 is 13.2 Å². The number of hydrogen-bond acceptors (Lipinski definition) is 6. The average Bonchev–Trinajstić information content (AvgIpc) is 2.84. The van der Waals surface area contributed by atoms with Crippen molar-refractivity contribution in [3.63, 3.8) is 0 Å². The average molecular weight is 531 g/mol. The third kappa shape index (κ3) is 5.71. The number of hydrogen-bond donors (Lipinski definition) is 4. The molecule has 4 rings (SSSR count). The predicted octanol–water partition coefficient (Wildman–Crippen LogP) is 3.90. The molecule has 1 saturated carbocycles. The van der Waals surface area contributed by atoms with Gasteiger partial charge >= 0.3 is 6.03 Å². The quantitative estimate of drug-likeness (QED) is 0.342. The molecule has 36 heavy (non-hydrogen) atoms. The minimum Gasteiger partial charge on any atom is -0.377 e. The second kappa shape index (κ2) is 10.3. The Morgan fingerprint density at radius 3 is 2.14 bits per heavy atom. The number of urea groups is 1.